The minimum absolute atomic E-state index is 0.997. The molecule has 0 aliphatic heterocycles. The molecule has 0 bridgehead atoms. The minimum atomic E-state index is 0.997. The van der Waals surface area contributed by atoms with Gasteiger partial charge in [-0.25, -0.2) is 0 Å². The lowest BCUT2D eigenvalue weighted by atomic mass is 9.94. The third-order valence-corrected chi connectivity index (χ3v) is 3.91. The maximum absolute atomic E-state index is 5.51. The normalized spacial score (nSPS) is 13.1. The molecule has 0 radical (unpaired) electrons. The molecule has 0 atom stereocenters. The number of ether oxygens (including phenoxy) is 1. The second kappa shape index (κ2) is 4.82. The molecule has 0 amide bonds. The maximum atomic E-state index is 5.51. The van der Waals surface area contributed by atoms with Crippen molar-refractivity contribution in [2.75, 3.05) is 7.11 Å². The van der Waals surface area contributed by atoms with Crippen LogP contribution in [0.5, 0.6) is 5.75 Å². The highest BCUT2D eigenvalue weighted by molar-refractivity contribution is 5.82. The second-order valence-electron chi connectivity index (χ2n) is 5.75. The Hall–Kier alpha value is -2.02. The third kappa shape index (κ3) is 2.14. The molecule has 102 valence electrons. The van der Waals surface area contributed by atoms with E-state index in [0.29, 0.717) is 0 Å². The SMILES string of the molecule is COc1ccc(-c2cc(C)cc(C)c2)c2c1CC(C)=C2. The van der Waals surface area contributed by atoms with Gasteiger partial charge in [0.25, 0.3) is 0 Å². The van der Waals surface area contributed by atoms with Crippen molar-refractivity contribution in [3.8, 4) is 16.9 Å². The van der Waals surface area contributed by atoms with Crippen LogP contribution in [0, 0.1) is 13.8 Å². The van der Waals surface area contributed by atoms with Crippen LogP contribution < -0.4 is 4.74 Å². The van der Waals surface area contributed by atoms with Crippen molar-refractivity contribution in [1.29, 1.82) is 0 Å². The highest BCUT2D eigenvalue weighted by atomic mass is 16.5. The number of rotatable bonds is 2. The monoisotopic (exact) mass is 264 g/mol. The number of allylic oxidation sites excluding steroid dienone is 1. The molecule has 0 aromatic heterocycles. The zero-order valence-electron chi connectivity index (χ0n) is 12.6. The van der Waals surface area contributed by atoms with Crippen LogP contribution in [-0.2, 0) is 6.42 Å². The summed E-state index contributed by atoms with van der Waals surface area (Å²) < 4.78 is 5.51. The summed E-state index contributed by atoms with van der Waals surface area (Å²) in [4.78, 5) is 0. The van der Waals surface area contributed by atoms with E-state index in [1.807, 2.05) is 0 Å². The molecule has 3 rings (SSSR count). The van der Waals surface area contributed by atoms with Gasteiger partial charge in [-0.3, -0.25) is 0 Å². The van der Waals surface area contributed by atoms with Crippen LogP contribution >= 0.6 is 0 Å². The van der Waals surface area contributed by atoms with E-state index < -0.39 is 0 Å². The Bertz CT molecular complexity index is 688. The van der Waals surface area contributed by atoms with Gasteiger partial charge in [0.2, 0.25) is 0 Å². The summed E-state index contributed by atoms with van der Waals surface area (Å²) in [5.41, 5.74) is 9.27. The van der Waals surface area contributed by atoms with Crippen LogP contribution in [-0.4, -0.2) is 7.11 Å². The first-order valence-corrected chi connectivity index (χ1v) is 7.04. The number of aryl methyl sites for hydroxylation is 2. The molecule has 0 spiro atoms. The first-order chi connectivity index (χ1) is 9.58. The number of methoxy groups -OCH3 is 1. The van der Waals surface area contributed by atoms with E-state index in [1.54, 1.807) is 7.11 Å². The molecule has 0 saturated carbocycles. The quantitative estimate of drug-likeness (QED) is 0.746. The van der Waals surface area contributed by atoms with Gasteiger partial charge in [-0.05, 0) is 49.9 Å². The molecular weight excluding hydrogens is 244 g/mol. The molecule has 2 aromatic carbocycles. The average molecular weight is 264 g/mol. The Balaban J connectivity index is 2.22. The van der Waals surface area contributed by atoms with Gasteiger partial charge in [0.15, 0.2) is 0 Å². The lowest BCUT2D eigenvalue weighted by molar-refractivity contribution is 0.411. The zero-order valence-corrected chi connectivity index (χ0v) is 12.6. The van der Waals surface area contributed by atoms with E-state index in [0.717, 1.165) is 12.2 Å². The van der Waals surface area contributed by atoms with Gasteiger partial charge in [-0.1, -0.05) is 47.0 Å². The van der Waals surface area contributed by atoms with E-state index in [9.17, 15) is 0 Å². The molecule has 1 aliphatic carbocycles. The van der Waals surface area contributed by atoms with Crippen molar-refractivity contribution in [3.05, 3.63) is 58.2 Å². The van der Waals surface area contributed by atoms with E-state index in [4.69, 9.17) is 4.74 Å². The Kier molecular flexibility index (Phi) is 3.13. The smallest absolute Gasteiger partial charge is 0.123 e. The number of fused-ring (bicyclic) bond motifs is 1. The summed E-state index contributed by atoms with van der Waals surface area (Å²) in [5.74, 6) is 1.00. The Morgan fingerprint density at radius 3 is 2.30 bits per heavy atom. The topological polar surface area (TPSA) is 9.23 Å². The van der Waals surface area contributed by atoms with Crippen molar-refractivity contribution < 1.29 is 4.74 Å². The van der Waals surface area contributed by atoms with E-state index >= 15 is 0 Å². The second-order valence-corrected chi connectivity index (χ2v) is 5.75. The lowest BCUT2D eigenvalue weighted by Gasteiger charge is -2.13. The third-order valence-electron chi connectivity index (χ3n) is 3.91. The summed E-state index contributed by atoms with van der Waals surface area (Å²) in [7, 11) is 1.75. The summed E-state index contributed by atoms with van der Waals surface area (Å²) in [6, 6.07) is 11.0. The molecule has 0 fully saturated rings. The largest absolute Gasteiger partial charge is 0.496 e. The van der Waals surface area contributed by atoms with Gasteiger partial charge in [-0.2, -0.15) is 0 Å². The molecule has 2 aromatic rings. The highest BCUT2D eigenvalue weighted by Crippen LogP contribution is 2.39. The number of benzene rings is 2. The first kappa shape index (κ1) is 13.0. The Morgan fingerprint density at radius 2 is 1.65 bits per heavy atom. The summed E-state index contributed by atoms with van der Waals surface area (Å²) in [6.07, 6.45) is 3.29. The molecule has 0 heterocycles. The number of hydrogen-bond acceptors (Lipinski definition) is 1. The maximum Gasteiger partial charge on any atom is 0.123 e. The fourth-order valence-corrected chi connectivity index (χ4v) is 3.14. The predicted molar refractivity (Wildman–Crippen MR) is 85.3 cm³/mol. The van der Waals surface area contributed by atoms with Crippen LogP contribution in [0.4, 0.5) is 0 Å². The first-order valence-electron chi connectivity index (χ1n) is 7.04. The molecule has 0 unspecified atom stereocenters. The molecule has 0 saturated heterocycles. The zero-order chi connectivity index (χ0) is 14.3. The van der Waals surface area contributed by atoms with Gasteiger partial charge in [0, 0.05) is 5.56 Å². The summed E-state index contributed by atoms with van der Waals surface area (Å²) in [5, 5.41) is 0. The van der Waals surface area contributed by atoms with E-state index in [-0.39, 0.29) is 0 Å². The van der Waals surface area contributed by atoms with Crippen molar-refractivity contribution in [1.82, 2.24) is 0 Å². The lowest BCUT2D eigenvalue weighted by Crippen LogP contribution is -1.94. The molecule has 20 heavy (non-hydrogen) atoms. The fraction of sp³-hybridized carbons (Fsp3) is 0.263. The van der Waals surface area contributed by atoms with Crippen molar-refractivity contribution in [3.63, 3.8) is 0 Å². The van der Waals surface area contributed by atoms with E-state index in [2.05, 4.69) is 57.2 Å². The standard InChI is InChI=1S/C19H20O/c1-12-7-13(2)9-15(8-12)16-5-6-19(20-4)18-11-14(3)10-17(16)18/h5-10H,11H2,1-4H3. The Labute approximate surface area is 120 Å². The molecule has 1 heteroatoms. The van der Waals surface area contributed by atoms with Gasteiger partial charge in [0.05, 0.1) is 7.11 Å². The van der Waals surface area contributed by atoms with Crippen LogP contribution in [0.25, 0.3) is 17.2 Å². The average Bonchev–Trinajstić information content (AvgIpc) is 2.77. The minimum Gasteiger partial charge on any atom is -0.496 e. The van der Waals surface area contributed by atoms with Crippen LogP contribution in [0.2, 0.25) is 0 Å². The van der Waals surface area contributed by atoms with Gasteiger partial charge in [-0.15, -0.1) is 0 Å². The molecule has 0 N–H and O–H groups in total. The molecule has 1 nitrogen and oxygen atoms in total. The van der Waals surface area contributed by atoms with Crippen LogP contribution in [0.3, 0.4) is 0 Å². The van der Waals surface area contributed by atoms with Crippen molar-refractivity contribution in [2.24, 2.45) is 0 Å². The molecule has 1 aliphatic rings. The van der Waals surface area contributed by atoms with Gasteiger partial charge < -0.3 is 4.74 Å². The highest BCUT2D eigenvalue weighted by Gasteiger charge is 2.19. The predicted octanol–water partition coefficient (Wildman–Crippen LogP) is 4.94. The van der Waals surface area contributed by atoms with Gasteiger partial charge >= 0.3 is 0 Å². The van der Waals surface area contributed by atoms with Crippen LogP contribution in [0.15, 0.2) is 35.9 Å². The van der Waals surface area contributed by atoms with Crippen molar-refractivity contribution in [2.45, 2.75) is 27.2 Å². The van der Waals surface area contributed by atoms with Crippen molar-refractivity contribution >= 4 is 6.08 Å². The fourth-order valence-electron chi connectivity index (χ4n) is 3.14. The number of hydrogen-bond donors (Lipinski definition) is 0. The summed E-state index contributed by atoms with van der Waals surface area (Å²) in [6.45, 7) is 6.49. The van der Waals surface area contributed by atoms with E-state index in [1.165, 1.54) is 39.0 Å². The van der Waals surface area contributed by atoms with Gasteiger partial charge in [0.1, 0.15) is 5.75 Å². The molecular formula is C19H20O. The Morgan fingerprint density at radius 1 is 0.950 bits per heavy atom. The summed E-state index contributed by atoms with van der Waals surface area (Å²) >= 11 is 0. The van der Waals surface area contributed by atoms with Crippen LogP contribution in [0.1, 0.15) is 29.2 Å².